The Morgan fingerprint density at radius 2 is 1.53 bits per heavy atom. The van der Waals surface area contributed by atoms with Crippen molar-refractivity contribution >= 4 is 20.7 Å². The third-order valence-corrected chi connectivity index (χ3v) is 8.49. The van der Waals surface area contributed by atoms with E-state index in [4.69, 9.17) is 14.2 Å². The largest absolute Gasteiger partial charge is 0.493 e. The van der Waals surface area contributed by atoms with E-state index >= 15 is 0 Å². The van der Waals surface area contributed by atoms with Gasteiger partial charge in [0.1, 0.15) is 5.60 Å². The van der Waals surface area contributed by atoms with Crippen molar-refractivity contribution in [3.63, 3.8) is 0 Å². The molecule has 0 bridgehead atoms. The van der Waals surface area contributed by atoms with E-state index < -0.39 is 26.8 Å². The van der Waals surface area contributed by atoms with Crippen LogP contribution in [0.2, 0.25) is 0 Å². The van der Waals surface area contributed by atoms with Crippen molar-refractivity contribution in [1.29, 1.82) is 0 Å². The number of aromatic nitrogens is 1. The first-order valence-electron chi connectivity index (χ1n) is 9.97. The van der Waals surface area contributed by atoms with Crippen LogP contribution in [-0.4, -0.2) is 51.2 Å². The number of ether oxygens (including phenoxy) is 3. The third kappa shape index (κ3) is 2.91. The molecule has 0 spiro atoms. The molecule has 2 aromatic carbocycles. The van der Waals surface area contributed by atoms with E-state index in [0.29, 0.717) is 11.3 Å². The highest BCUT2D eigenvalue weighted by Crippen LogP contribution is 2.52. The number of hydrogen-bond acceptors (Lipinski definition) is 6. The van der Waals surface area contributed by atoms with Crippen LogP contribution in [0.3, 0.4) is 0 Å². The highest BCUT2D eigenvalue weighted by atomic mass is 32.2. The topological polar surface area (TPSA) is 97.9 Å². The van der Waals surface area contributed by atoms with Crippen LogP contribution < -0.4 is 0 Å². The van der Waals surface area contributed by atoms with Crippen LogP contribution in [-0.2, 0) is 29.6 Å². The van der Waals surface area contributed by atoms with Gasteiger partial charge in [0.25, 0.3) is 0 Å². The molecule has 0 radical (unpaired) electrons. The molecule has 7 nitrogen and oxygen atoms in total. The molecule has 0 amide bonds. The molecule has 1 aliphatic carbocycles. The maximum Gasteiger partial charge on any atom is 0.193 e. The number of methoxy groups -OCH3 is 3. The number of fused-ring (bicyclic) bond motifs is 1. The van der Waals surface area contributed by atoms with E-state index in [1.54, 1.807) is 30.5 Å². The molecule has 0 saturated heterocycles. The van der Waals surface area contributed by atoms with Crippen LogP contribution in [0, 0.1) is 0 Å². The van der Waals surface area contributed by atoms with Crippen molar-refractivity contribution in [1.82, 2.24) is 4.98 Å². The van der Waals surface area contributed by atoms with Gasteiger partial charge in [-0.1, -0.05) is 36.4 Å². The monoisotopic (exact) mass is 455 g/mol. The number of aliphatic hydroxyl groups excluding tert-OH is 1. The van der Waals surface area contributed by atoms with Gasteiger partial charge in [-0.25, -0.2) is 8.42 Å². The number of sulfone groups is 1. The first-order valence-corrected chi connectivity index (χ1v) is 11.5. The summed E-state index contributed by atoms with van der Waals surface area (Å²) in [4.78, 5) is 3.23. The van der Waals surface area contributed by atoms with Gasteiger partial charge in [-0.05, 0) is 30.4 Å². The van der Waals surface area contributed by atoms with Crippen molar-refractivity contribution in [3.05, 3.63) is 90.0 Å². The zero-order valence-corrected chi connectivity index (χ0v) is 18.8. The van der Waals surface area contributed by atoms with Gasteiger partial charge < -0.3 is 24.3 Å². The summed E-state index contributed by atoms with van der Waals surface area (Å²) in [6.45, 7) is -0.766. The first-order chi connectivity index (χ1) is 15.4. The smallest absolute Gasteiger partial charge is 0.193 e. The van der Waals surface area contributed by atoms with Crippen LogP contribution in [0.4, 0.5) is 0 Å². The van der Waals surface area contributed by atoms with Gasteiger partial charge in [-0.15, -0.1) is 0 Å². The third-order valence-electron chi connectivity index (χ3n) is 6.09. The van der Waals surface area contributed by atoms with E-state index in [0.717, 1.165) is 10.9 Å². The number of aliphatic hydroxyl groups is 1. The van der Waals surface area contributed by atoms with Crippen LogP contribution >= 0.6 is 0 Å². The predicted molar refractivity (Wildman–Crippen MR) is 121 cm³/mol. The van der Waals surface area contributed by atoms with Crippen molar-refractivity contribution < 1.29 is 27.7 Å². The fraction of sp³-hybridized carbons (Fsp3) is 0.250. The standard InChI is InChI=1S/C24H25NO6S/c1-29-21-13-23(16-26,32(27,28)17-9-5-4-6-10-17)24(31-3,14-22(21)30-2)19-15-25-20-12-8-7-11-18(19)20/h4-15,25-26H,16H2,1-3H3. The van der Waals surface area contributed by atoms with Crippen molar-refractivity contribution in [2.75, 3.05) is 27.9 Å². The van der Waals surface area contributed by atoms with E-state index in [1.807, 2.05) is 24.3 Å². The number of aromatic amines is 1. The summed E-state index contributed by atoms with van der Waals surface area (Å²) in [5, 5.41) is 11.6. The van der Waals surface area contributed by atoms with Crippen LogP contribution in [0.5, 0.6) is 0 Å². The van der Waals surface area contributed by atoms with Crippen molar-refractivity contribution in [3.8, 4) is 0 Å². The second kappa shape index (κ2) is 8.12. The zero-order chi connectivity index (χ0) is 23.0. The molecular weight excluding hydrogens is 430 g/mol. The average Bonchev–Trinajstić information content (AvgIpc) is 3.28. The van der Waals surface area contributed by atoms with Gasteiger partial charge in [0.2, 0.25) is 0 Å². The van der Waals surface area contributed by atoms with Gasteiger partial charge in [-0.2, -0.15) is 0 Å². The van der Waals surface area contributed by atoms with Gasteiger partial charge in [0.05, 0.1) is 25.7 Å². The van der Waals surface area contributed by atoms with E-state index in [1.165, 1.54) is 39.5 Å². The molecular formula is C24H25NO6S. The normalized spacial score (nSPS) is 23.5. The lowest BCUT2D eigenvalue weighted by Gasteiger charge is -2.47. The summed E-state index contributed by atoms with van der Waals surface area (Å²) in [6, 6.07) is 15.5. The lowest BCUT2D eigenvalue weighted by molar-refractivity contribution is -0.0188. The van der Waals surface area contributed by atoms with Gasteiger partial charge in [0, 0.05) is 29.8 Å². The second-order valence-electron chi connectivity index (χ2n) is 7.48. The minimum atomic E-state index is -4.21. The summed E-state index contributed by atoms with van der Waals surface area (Å²) in [5.74, 6) is 0.487. The Bertz CT molecular complexity index is 1290. The molecule has 8 heteroatoms. The van der Waals surface area contributed by atoms with Gasteiger partial charge >= 0.3 is 0 Å². The second-order valence-corrected chi connectivity index (χ2v) is 9.68. The molecule has 1 aromatic heterocycles. The zero-order valence-electron chi connectivity index (χ0n) is 18.0. The number of benzene rings is 2. The quantitative estimate of drug-likeness (QED) is 0.567. The number of rotatable bonds is 7. The lowest BCUT2D eigenvalue weighted by Crippen LogP contribution is -2.59. The minimum Gasteiger partial charge on any atom is -0.493 e. The Kier molecular flexibility index (Phi) is 5.62. The Morgan fingerprint density at radius 3 is 2.16 bits per heavy atom. The Hall–Kier alpha value is -3.07. The molecule has 4 rings (SSSR count). The van der Waals surface area contributed by atoms with E-state index in [9.17, 15) is 13.5 Å². The molecule has 0 saturated carbocycles. The Labute approximate surface area is 186 Å². The minimum absolute atomic E-state index is 0.0521. The van der Waals surface area contributed by atoms with Crippen molar-refractivity contribution in [2.24, 2.45) is 0 Å². The molecule has 2 unspecified atom stereocenters. The fourth-order valence-corrected chi connectivity index (χ4v) is 6.47. The Balaban J connectivity index is 2.14. The summed E-state index contributed by atoms with van der Waals surface area (Å²) in [7, 11) is 0.0930. The molecule has 168 valence electrons. The molecule has 32 heavy (non-hydrogen) atoms. The number of hydrogen-bond donors (Lipinski definition) is 2. The number of para-hydroxylation sites is 1. The predicted octanol–water partition coefficient (Wildman–Crippen LogP) is 3.29. The molecule has 0 fully saturated rings. The molecule has 2 atom stereocenters. The number of H-pyrrole nitrogens is 1. The summed E-state index contributed by atoms with van der Waals surface area (Å²) < 4.78 is 43.4. The van der Waals surface area contributed by atoms with Gasteiger partial charge in [0.15, 0.2) is 26.1 Å². The summed E-state index contributed by atoms with van der Waals surface area (Å²) in [6.07, 6.45) is 4.66. The molecule has 1 heterocycles. The first kappa shape index (κ1) is 22.1. The fourth-order valence-electron chi connectivity index (χ4n) is 4.45. The maximum absolute atomic E-state index is 14.2. The molecule has 0 aliphatic heterocycles. The Morgan fingerprint density at radius 1 is 0.906 bits per heavy atom. The molecule has 3 aromatic rings. The maximum atomic E-state index is 14.2. The van der Waals surface area contributed by atoms with E-state index in [2.05, 4.69) is 4.98 Å². The average molecular weight is 456 g/mol. The van der Waals surface area contributed by atoms with Crippen molar-refractivity contribution in [2.45, 2.75) is 15.2 Å². The lowest BCUT2D eigenvalue weighted by atomic mass is 9.76. The molecule has 1 aliphatic rings. The van der Waals surface area contributed by atoms with Gasteiger partial charge in [-0.3, -0.25) is 0 Å². The molecule has 2 N–H and O–H groups in total. The SMILES string of the molecule is COC1=CC(OC)(c2c[nH]c3ccccc23)C(CO)(S(=O)(=O)c2ccccc2)C=C1OC. The van der Waals surface area contributed by atoms with E-state index in [-0.39, 0.29) is 10.7 Å². The highest BCUT2D eigenvalue weighted by molar-refractivity contribution is 7.93. The van der Waals surface area contributed by atoms with Crippen LogP contribution in [0.1, 0.15) is 5.56 Å². The summed E-state index contributed by atoms with van der Waals surface area (Å²) >= 11 is 0. The van der Waals surface area contributed by atoms with Crippen LogP contribution in [0.25, 0.3) is 10.9 Å². The summed E-state index contributed by atoms with van der Waals surface area (Å²) in [5.41, 5.74) is -0.287. The van der Waals surface area contributed by atoms with Crippen LogP contribution in [0.15, 0.2) is 89.4 Å². The number of nitrogens with one attached hydrogen (secondary N) is 1. The highest BCUT2D eigenvalue weighted by Gasteiger charge is 2.63.